The molecule has 0 saturated carbocycles. The summed E-state index contributed by atoms with van der Waals surface area (Å²) in [7, 11) is 0. The number of alkyl halides is 3. The Hall–Kier alpha value is -1.96. The van der Waals surface area contributed by atoms with Crippen LogP contribution in [0.4, 0.5) is 18.0 Å². The number of urea groups is 1. The minimum absolute atomic E-state index is 0.215. The van der Waals surface area contributed by atoms with Crippen molar-refractivity contribution < 1.29 is 22.7 Å². The summed E-state index contributed by atoms with van der Waals surface area (Å²) < 4.78 is 42.4. The zero-order valence-electron chi connectivity index (χ0n) is 13.5. The van der Waals surface area contributed by atoms with E-state index in [1.807, 2.05) is 31.2 Å². The van der Waals surface area contributed by atoms with Crippen LogP contribution in [-0.4, -0.2) is 49.4 Å². The molecule has 1 aliphatic heterocycles. The van der Waals surface area contributed by atoms with Gasteiger partial charge in [0.2, 0.25) is 0 Å². The van der Waals surface area contributed by atoms with Crippen LogP contribution in [0.15, 0.2) is 24.3 Å². The number of nitrogens with one attached hydrogen (secondary N) is 2. The lowest BCUT2D eigenvalue weighted by Gasteiger charge is -2.18. The summed E-state index contributed by atoms with van der Waals surface area (Å²) in [6, 6.07) is 6.73. The third-order valence-corrected chi connectivity index (χ3v) is 3.67. The van der Waals surface area contributed by atoms with Crippen molar-refractivity contribution in [3.8, 4) is 5.75 Å². The summed E-state index contributed by atoms with van der Waals surface area (Å²) in [5, 5.41) is 5.43. The molecule has 2 amide bonds. The van der Waals surface area contributed by atoms with Crippen molar-refractivity contribution in [1.29, 1.82) is 0 Å². The van der Waals surface area contributed by atoms with Crippen molar-refractivity contribution in [3.05, 3.63) is 29.8 Å². The first kappa shape index (κ1) is 18.4. The fourth-order valence-electron chi connectivity index (χ4n) is 2.68. The van der Waals surface area contributed by atoms with Gasteiger partial charge < -0.3 is 15.4 Å². The Bertz CT molecular complexity index is 552. The number of benzene rings is 1. The third-order valence-electron chi connectivity index (χ3n) is 3.67. The highest BCUT2D eigenvalue weighted by Gasteiger charge is 2.34. The van der Waals surface area contributed by atoms with Crippen LogP contribution in [0.2, 0.25) is 0 Å². The van der Waals surface area contributed by atoms with Gasteiger partial charge in [-0.15, -0.1) is 0 Å². The molecule has 24 heavy (non-hydrogen) atoms. The van der Waals surface area contributed by atoms with Crippen molar-refractivity contribution >= 4 is 6.03 Å². The lowest BCUT2D eigenvalue weighted by atomic mass is 10.2. The maximum atomic E-state index is 12.3. The number of carbonyl (C=O) groups is 1. The van der Waals surface area contributed by atoms with Gasteiger partial charge in [-0.1, -0.05) is 12.1 Å². The molecule has 1 aromatic rings. The van der Waals surface area contributed by atoms with Gasteiger partial charge in [0.25, 0.3) is 0 Å². The van der Waals surface area contributed by atoms with E-state index >= 15 is 0 Å². The summed E-state index contributed by atoms with van der Waals surface area (Å²) in [5.41, 5.74) is 0.890. The highest BCUT2D eigenvalue weighted by Crippen LogP contribution is 2.20. The van der Waals surface area contributed by atoms with Gasteiger partial charge in [0.15, 0.2) is 0 Å². The summed E-state index contributed by atoms with van der Waals surface area (Å²) in [6.45, 7) is 2.39. The number of ether oxygens (including phenoxy) is 1. The molecular formula is C16H22F3N3O2. The second-order valence-corrected chi connectivity index (χ2v) is 5.74. The van der Waals surface area contributed by atoms with E-state index in [1.54, 1.807) is 0 Å². The minimum atomic E-state index is -4.21. The van der Waals surface area contributed by atoms with Crippen molar-refractivity contribution in [2.45, 2.75) is 32.1 Å². The predicted molar refractivity (Wildman–Crippen MR) is 83.9 cm³/mol. The van der Waals surface area contributed by atoms with E-state index in [-0.39, 0.29) is 18.6 Å². The molecular weight excluding hydrogens is 323 g/mol. The molecule has 1 aromatic carbocycles. The lowest BCUT2D eigenvalue weighted by molar-refractivity contribution is -0.143. The van der Waals surface area contributed by atoms with E-state index in [0.29, 0.717) is 26.1 Å². The van der Waals surface area contributed by atoms with E-state index in [9.17, 15) is 18.0 Å². The highest BCUT2D eigenvalue weighted by molar-refractivity contribution is 5.74. The molecule has 0 bridgehead atoms. The summed E-state index contributed by atoms with van der Waals surface area (Å²) in [6.07, 6.45) is -3.69. The van der Waals surface area contributed by atoms with Crippen LogP contribution in [0, 0.1) is 0 Å². The molecule has 1 saturated heterocycles. The minimum Gasteiger partial charge on any atom is -0.494 e. The zero-order valence-corrected chi connectivity index (χ0v) is 13.5. The zero-order chi connectivity index (χ0) is 17.6. The average molecular weight is 345 g/mol. The van der Waals surface area contributed by atoms with Crippen LogP contribution in [0.3, 0.4) is 0 Å². The molecule has 1 unspecified atom stereocenters. The lowest BCUT2D eigenvalue weighted by Crippen LogP contribution is -2.43. The monoisotopic (exact) mass is 345 g/mol. The van der Waals surface area contributed by atoms with E-state index < -0.39 is 12.7 Å². The standard InChI is InChI=1S/C16H22F3N3O2/c1-2-24-14-5-3-4-12(8-14)9-20-15(23)21-13-6-7-22(10-13)11-16(17,18)19/h3-5,8,13H,2,6-7,9-11H2,1H3,(H2,20,21,23). The Kier molecular flexibility index (Phi) is 6.30. The second-order valence-electron chi connectivity index (χ2n) is 5.74. The number of nitrogens with zero attached hydrogens (tertiary/aromatic N) is 1. The molecule has 1 aliphatic rings. The van der Waals surface area contributed by atoms with E-state index in [0.717, 1.165) is 11.3 Å². The smallest absolute Gasteiger partial charge is 0.401 e. The summed E-state index contributed by atoms with van der Waals surface area (Å²) >= 11 is 0. The molecule has 1 fully saturated rings. The number of amides is 2. The molecule has 2 N–H and O–H groups in total. The fraction of sp³-hybridized carbons (Fsp3) is 0.562. The first-order chi connectivity index (χ1) is 11.4. The Balaban J connectivity index is 1.73. The van der Waals surface area contributed by atoms with Crippen LogP contribution in [0.5, 0.6) is 5.75 Å². The van der Waals surface area contributed by atoms with Gasteiger partial charge in [-0.3, -0.25) is 4.90 Å². The molecule has 0 radical (unpaired) electrons. The molecule has 2 rings (SSSR count). The van der Waals surface area contributed by atoms with Gasteiger partial charge in [-0.05, 0) is 31.0 Å². The van der Waals surface area contributed by atoms with Gasteiger partial charge in [0.1, 0.15) is 5.75 Å². The Morgan fingerprint density at radius 1 is 1.42 bits per heavy atom. The van der Waals surface area contributed by atoms with Crippen LogP contribution >= 0.6 is 0 Å². The molecule has 1 heterocycles. The molecule has 0 aromatic heterocycles. The largest absolute Gasteiger partial charge is 0.494 e. The first-order valence-corrected chi connectivity index (χ1v) is 7.91. The number of hydrogen-bond acceptors (Lipinski definition) is 3. The molecule has 0 spiro atoms. The summed E-state index contributed by atoms with van der Waals surface area (Å²) in [4.78, 5) is 13.2. The van der Waals surface area contributed by atoms with Crippen LogP contribution in [0.25, 0.3) is 0 Å². The summed E-state index contributed by atoms with van der Waals surface area (Å²) in [5.74, 6) is 0.732. The molecule has 5 nitrogen and oxygen atoms in total. The van der Waals surface area contributed by atoms with Crippen LogP contribution < -0.4 is 15.4 Å². The molecule has 134 valence electrons. The maximum absolute atomic E-state index is 12.3. The third kappa shape index (κ3) is 6.27. The van der Waals surface area contributed by atoms with Crippen molar-refractivity contribution in [1.82, 2.24) is 15.5 Å². The first-order valence-electron chi connectivity index (χ1n) is 7.91. The normalized spacial score (nSPS) is 18.4. The fourth-order valence-corrected chi connectivity index (χ4v) is 2.68. The maximum Gasteiger partial charge on any atom is 0.401 e. The Morgan fingerprint density at radius 3 is 2.92 bits per heavy atom. The number of hydrogen-bond donors (Lipinski definition) is 2. The number of rotatable bonds is 6. The number of halogens is 3. The quantitative estimate of drug-likeness (QED) is 0.833. The van der Waals surface area contributed by atoms with E-state index in [2.05, 4.69) is 10.6 Å². The number of likely N-dealkylation sites (tertiary alicyclic amines) is 1. The Labute approximate surface area is 139 Å². The van der Waals surface area contributed by atoms with Gasteiger partial charge in [0, 0.05) is 25.7 Å². The van der Waals surface area contributed by atoms with Gasteiger partial charge in [0.05, 0.1) is 13.2 Å². The van der Waals surface area contributed by atoms with E-state index in [4.69, 9.17) is 4.74 Å². The van der Waals surface area contributed by atoms with E-state index in [1.165, 1.54) is 4.90 Å². The topological polar surface area (TPSA) is 53.6 Å². The van der Waals surface area contributed by atoms with Gasteiger partial charge >= 0.3 is 12.2 Å². The molecule has 0 aliphatic carbocycles. The number of carbonyl (C=O) groups excluding carboxylic acids is 1. The molecule has 8 heteroatoms. The average Bonchev–Trinajstić information content (AvgIpc) is 2.91. The second kappa shape index (κ2) is 8.23. The van der Waals surface area contributed by atoms with Gasteiger partial charge in [-0.2, -0.15) is 13.2 Å². The Morgan fingerprint density at radius 2 is 2.21 bits per heavy atom. The predicted octanol–water partition coefficient (Wildman–Crippen LogP) is 2.52. The van der Waals surface area contributed by atoms with Crippen molar-refractivity contribution in [3.63, 3.8) is 0 Å². The highest BCUT2D eigenvalue weighted by atomic mass is 19.4. The SMILES string of the molecule is CCOc1cccc(CNC(=O)NC2CCN(CC(F)(F)F)C2)c1. The van der Waals surface area contributed by atoms with Crippen molar-refractivity contribution in [2.75, 3.05) is 26.2 Å². The van der Waals surface area contributed by atoms with Crippen molar-refractivity contribution in [2.24, 2.45) is 0 Å². The molecule has 1 atom stereocenters. The van der Waals surface area contributed by atoms with Gasteiger partial charge in [-0.25, -0.2) is 4.79 Å². The van der Waals surface area contributed by atoms with Crippen LogP contribution in [-0.2, 0) is 6.54 Å². The van der Waals surface area contributed by atoms with Crippen LogP contribution in [0.1, 0.15) is 18.9 Å².